The molecule has 0 spiro atoms. The Hall–Kier alpha value is -1.88. The molecule has 0 aliphatic carbocycles. The minimum atomic E-state index is -1.60. The van der Waals surface area contributed by atoms with Gasteiger partial charge in [-0.1, -0.05) is 60.7 Å². The first-order chi connectivity index (χ1) is 14.8. The highest BCUT2D eigenvalue weighted by Gasteiger charge is 2.51. The zero-order valence-corrected chi connectivity index (χ0v) is 17.6. The Kier molecular flexibility index (Phi) is 8.15. The highest BCUT2D eigenvalue weighted by molar-refractivity contribution is 5.14. The molecule has 8 nitrogen and oxygen atoms in total. The summed E-state index contributed by atoms with van der Waals surface area (Å²) in [5.41, 5.74) is 1.64. The van der Waals surface area contributed by atoms with Crippen molar-refractivity contribution in [2.45, 2.75) is 69.8 Å². The van der Waals surface area contributed by atoms with Crippen molar-refractivity contribution < 1.29 is 39.4 Å². The summed E-state index contributed by atoms with van der Waals surface area (Å²) in [6, 6.07) is 18.4. The Morgan fingerprint density at radius 1 is 0.710 bits per heavy atom. The summed E-state index contributed by atoms with van der Waals surface area (Å²) in [5.74, 6) is -1.16. The fraction of sp³-hybridized carbons (Fsp3) is 0.478. The van der Waals surface area contributed by atoms with Crippen LogP contribution in [0.2, 0.25) is 0 Å². The van der Waals surface area contributed by atoms with Crippen LogP contribution in [0.15, 0.2) is 60.7 Å². The molecule has 0 radical (unpaired) electrons. The van der Waals surface area contributed by atoms with Crippen LogP contribution in [-0.4, -0.2) is 63.2 Å². The van der Waals surface area contributed by atoms with Gasteiger partial charge in [0, 0.05) is 0 Å². The molecule has 0 saturated carbocycles. The van der Waals surface area contributed by atoms with Gasteiger partial charge in [0.05, 0.1) is 13.2 Å². The summed E-state index contributed by atoms with van der Waals surface area (Å²) in [6.45, 7) is 3.36. The van der Waals surface area contributed by atoms with E-state index in [2.05, 4.69) is 0 Å². The molecule has 0 bridgehead atoms. The van der Waals surface area contributed by atoms with Crippen LogP contribution in [0.25, 0.3) is 0 Å². The van der Waals surface area contributed by atoms with Crippen LogP contribution >= 0.6 is 0 Å². The van der Waals surface area contributed by atoms with Crippen LogP contribution < -0.4 is 0 Å². The van der Waals surface area contributed by atoms with E-state index in [0.717, 1.165) is 11.1 Å². The molecule has 1 fully saturated rings. The van der Waals surface area contributed by atoms with Gasteiger partial charge in [-0.05, 0) is 25.0 Å². The van der Waals surface area contributed by atoms with Gasteiger partial charge in [0.2, 0.25) is 0 Å². The van der Waals surface area contributed by atoms with Crippen LogP contribution in [0.1, 0.15) is 25.0 Å². The molecule has 31 heavy (non-hydrogen) atoms. The van der Waals surface area contributed by atoms with Crippen LogP contribution in [-0.2, 0) is 32.2 Å². The average Bonchev–Trinajstić information content (AvgIpc) is 3.11. The molecular weight excluding hydrogens is 404 g/mol. The van der Waals surface area contributed by atoms with Crippen molar-refractivity contribution in [3.05, 3.63) is 71.8 Å². The fourth-order valence-corrected chi connectivity index (χ4v) is 3.38. The van der Waals surface area contributed by atoms with Crippen molar-refractivity contribution in [3.63, 3.8) is 0 Å². The van der Waals surface area contributed by atoms with E-state index in [-0.39, 0.29) is 13.2 Å². The number of benzene rings is 2. The van der Waals surface area contributed by atoms with Gasteiger partial charge in [-0.2, -0.15) is 0 Å². The van der Waals surface area contributed by atoms with Crippen molar-refractivity contribution in [1.82, 2.24) is 0 Å². The number of ether oxygens (including phenoxy) is 4. The van der Waals surface area contributed by atoms with Gasteiger partial charge < -0.3 is 39.4 Å². The lowest BCUT2D eigenvalue weighted by atomic mass is 10.0. The number of aliphatic hydroxyl groups is 4. The number of rotatable bonds is 10. The first-order valence-corrected chi connectivity index (χ1v) is 10.2. The van der Waals surface area contributed by atoms with Gasteiger partial charge in [-0.3, -0.25) is 0 Å². The summed E-state index contributed by atoms with van der Waals surface area (Å²) in [5, 5.41) is 41.9. The Balaban J connectivity index is 1.60. The van der Waals surface area contributed by atoms with Gasteiger partial charge in [0.15, 0.2) is 18.4 Å². The van der Waals surface area contributed by atoms with Crippen LogP contribution in [0.3, 0.4) is 0 Å². The Morgan fingerprint density at radius 3 is 1.42 bits per heavy atom. The van der Waals surface area contributed by atoms with Crippen molar-refractivity contribution in [2.24, 2.45) is 0 Å². The lowest BCUT2D eigenvalue weighted by Crippen LogP contribution is -2.51. The van der Waals surface area contributed by atoms with E-state index in [1.54, 1.807) is 13.8 Å². The molecule has 8 heteroatoms. The third kappa shape index (κ3) is 6.55. The lowest BCUT2D eigenvalue weighted by molar-refractivity contribution is -0.219. The Labute approximate surface area is 181 Å². The van der Waals surface area contributed by atoms with Crippen LogP contribution in [0.4, 0.5) is 0 Å². The van der Waals surface area contributed by atoms with Gasteiger partial charge >= 0.3 is 0 Å². The molecule has 1 aliphatic rings. The first kappa shape index (κ1) is 23.8. The van der Waals surface area contributed by atoms with E-state index < -0.39 is 42.8 Å². The number of aliphatic hydroxyl groups excluding tert-OH is 4. The second-order valence-corrected chi connectivity index (χ2v) is 7.92. The molecule has 1 saturated heterocycles. The zero-order chi connectivity index (χ0) is 22.4. The summed E-state index contributed by atoms with van der Waals surface area (Å²) >= 11 is 0. The van der Waals surface area contributed by atoms with Crippen molar-refractivity contribution >= 4 is 0 Å². The maximum Gasteiger partial charge on any atom is 0.183 e. The normalized spacial score (nSPS) is 24.5. The second kappa shape index (κ2) is 10.6. The van der Waals surface area contributed by atoms with E-state index >= 15 is 0 Å². The maximum atomic E-state index is 10.6. The Bertz CT molecular complexity index is 719. The summed E-state index contributed by atoms with van der Waals surface area (Å²) < 4.78 is 22.1. The van der Waals surface area contributed by atoms with E-state index in [1.807, 2.05) is 60.7 Å². The maximum absolute atomic E-state index is 10.6. The highest BCUT2D eigenvalue weighted by Crippen LogP contribution is 2.34. The standard InChI is InChI=1S/C23H30O8/c1-23(2)30-19(17(24)21(26)28-13-15-9-5-3-6-10-15)20(31-23)18(25)22(27)29-14-16-11-7-4-8-12-16/h3-12,17-22,24-27H,13-14H2,1-2H3/t17-,18-,19+,20+,21?,22?/m0/s1. The van der Waals surface area contributed by atoms with Crippen molar-refractivity contribution in [1.29, 1.82) is 0 Å². The van der Waals surface area contributed by atoms with Crippen LogP contribution in [0.5, 0.6) is 0 Å². The highest BCUT2D eigenvalue weighted by atomic mass is 16.8. The third-order valence-electron chi connectivity index (χ3n) is 4.95. The largest absolute Gasteiger partial charge is 0.385 e. The van der Waals surface area contributed by atoms with Gasteiger partial charge in [-0.15, -0.1) is 0 Å². The minimum absolute atomic E-state index is 0.0755. The summed E-state index contributed by atoms with van der Waals surface area (Å²) in [4.78, 5) is 0. The van der Waals surface area contributed by atoms with Gasteiger partial charge in [0.25, 0.3) is 0 Å². The number of hydrogen-bond donors (Lipinski definition) is 4. The summed E-state index contributed by atoms with van der Waals surface area (Å²) in [7, 11) is 0. The molecule has 0 amide bonds. The molecule has 4 N–H and O–H groups in total. The quantitative estimate of drug-likeness (QED) is 0.414. The van der Waals surface area contributed by atoms with E-state index in [0.29, 0.717) is 0 Å². The molecular formula is C23H30O8. The monoisotopic (exact) mass is 434 g/mol. The molecule has 0 aromatic heterocycles. The average molecular weight is 434 g/mol. The third-order valence-corrected chi connectivity index (χ3v) is 4.95. The zero-order valence-electron chi connectivity index (χ0n) is 17.6. The molecule has 170 valence electrons. The molecule has 1 aliphatic heterocycles. The van der Waals surface area contributed by atoms with Gasteiger partial charge in [0.1, 0.15) is 24.4 Å². The van der Waals surface area contributed by atoms with Gasteiger partial charge in [-0.25, -0.2) is 0 Å². The molecule has 6 atom stereocenters. The smallest absolute Gasteiger partial charge is 0.183 e. The minimum Gasteiger partial charge on any atom is -0.385 e. The predicted molar refractivity (Wildman–Crippen MR) is 110 cm³/mol. The van der Waals surface area contributed by atoms with E-state index in [9.17, 15) is 20.4 Å². The van der Waals surface area contributed by atoms with E-state index in [1.165, 1.54) is 0 Å². The van der Waals surface area contributed by atoms with Crippen LogP contribution in [0, 0.1) is 0 Å². The lowest BCUT2D eigenvalue weighted by Gasteiger charge is -2.30. The van der Waals surface area contributed by atoms with Crippen molar-refractivity contribution in [2.75, 3.05) is 0 Å². The molecule has 2 aromatic rings. The molecule has 1 heterocycles. The Morgan fingerprint density at radius 2 is 1.06 bits per heavy atom. The fourth-order valence-electron chi connectivity index (χ4n) is 3.38. The molecule has 2 aromatic carbocycles. The summed E-state index contributed by atoms with van der Waals surface area (Å²) in [6.07, 6.45) is -8.59. The molecule has 3 rings (SSSR count). The first-order valence-electron chi connectivity index (χ1n) is 10.2. The van der Waals surface area contributed by atoms with E-state index in [4.69, 9.17) is 18.9 Å². The second-order valence-electron chi connectivity index (χ2n) is 7.92. The predicted octanol–water partition coefficient (Wildman–Crippen LogP) is 1.30. The topological polar surface area (TPSA) is 118 Å². The SMILES string of the molecule is CC1(C)O[C@H]([C@H](O)C(O)OCc2ccccc2)[C@@H]([C@H](O)C(O)OCc2ccccc2)O1. The number of hydrogen-bond acceptors (Lipinski definition) is 8. The molecule has 2 unspecified atom stereocenters. The van der Waals surface area contributed by atoms with Crippen molar-refractivity contribution in [3.8, 4) is 0 Å².